The molecule has 0 aliphatic heterocycles. The maximum atomic E-state index is 5.44. The quantitative estimate of drug-likeness (QED) is 0.873. The molecular formula is C16H19N3S. The molecule has 0 aliphatic carbocycles. The predicted octanol–water partition coefficient (Wildman–Crippen LogP) is 3.53. The third-order valence-corrected chi connectivity index (χ3v) is 3.38. The third kappa shape index (κ3) is 4.03. The Kier molecular flexibility index (Phi) is 4.69. The SMILES string of the molecule is Cc1cc(C)cc(NC(=S)N(C)Cc2cccnc2)c1. The highest BCUT2D eigenvalue weighted by Gasteiger charge is 2.06. The van der Waals surface area contributed by atoms with Gasteiger partial charge in [0, 0.05) is 31.7 Å². The van der Waals surface area contributed by atoms with Crippen molar-refractivity contribution in [1.82, 2.24) is 9.88 Å². The fraction of sp³-hybridized carbons (Fsp3) is 0.250. The van der Waals surface area contributed by atoms with Gasteiger partial charge in [0.15, 0.2) is 5.11 Å². The van der Waals surface area contributed by atoms with Gasteiger partial charge in [-0.05, 0) is 61.0 Å². The van der Waals surface area contributed by atoms with Crippen LogP contribution >= 0.6 is 12.2 Å². The van der Waals surface area contributed by atoms with Crippen LogP contribution in [-0.4, -0.2) is 22.0 Å². The minimum Gasteiger partial charge on any atom is -0.348 e. The first-order chi connectivity index (χ1) is 9.54. The summed E-state index contributed by atoms with van der Waals surface area (Å²) in [6.45, 7) is 4.91. The molecule has 0 aliphatic rings. The average molecular weight is 285 g/mol. The lowest BCUT2D eigenvalue weighted by atomic mass is 10.1. The summed E-state index contributed by atoms with van der Waals surface area (Å²) in [5, 5.41) is 3.99. The van der Waals surface area contributed by atoms with Crippen molar-refractivity contribution in [3.05, 3.63) is 59.4 Å². The minimum atomic E-state index is 0.707. The van der Waals surface area contributed by atoms with E-state index < -0.39 is 0 Å². The molecule has 2 aromatic rings. The maximum absolute atomic E-state index is 5.44. The van der Waals surface area contributed by atoms with Gasteiger partial charge in [0.2, 0.25) is 0 Å². The molecule has 1 aromatic carbocycles. The Balaban J connectivity index is 2.00. The molecule has 1 heterocycles. The smallest absolute Gasteiger partial charge is 0.173 e. The Labute approximate surface area is 125 Å². The molecule has 0 spiro atoms. The summed E-state index contributed by atoms with van der Waals surface area (Å²) in [6.07, 6.45) is 3.63. The number of pyridine rings is 1. The van der Waals surface area contributed by atoms with E-state index in [1.54, 1.807) is 6.20 Å². The number of anilines is 1. The predicted molar refractivity (Wildman–Crippen MR) is 87.8 cm³/mol. The minimum absolute atomic E-state index is 0.707. The Morgan fingerprint density at radius 1 is 1.25 bits per heavy atom. The highest BCUT2D eigenvalue weighted by atomic mass is 32.1. The molecule has 0 atom stereocenters. The molecule has 3 nitrogen and oxygen atoms in total. The van der Waals surface area contributed by atoms with Crippen molar-refractivity contribution in [3.8, 4) is 0 Å². The third-order valence-electron chi connectivity index (χ3n) is 2.96. The Morgan fingerprint density at radius 2 is 1.95 bits per heavy atom. The van der Waals surface area contributed by atoms with Crippen LogP contribution in [0.25, 0.3) is 0 Å². The molecule has 0 unspecified atom stereocenters. The molecule has 1 aromatic heterocycles. The van der Waals surface area contributed by atoms with E-state index in [1.807, 2.05) is 30.3 Å². The van der Waals surface area contributed by atoms with Crippen LogP contribution in [0.15, 0.2) is 42.7 Å². The highest BCUT2D eigenvalue weighted by molar-refractivity contribution is 7.80. The van der Waals surface area contributed by atoms with Gasteiger partial charge >= 0.3 is 0 Å². The van der Waals surface area contributed by atoms with Gasteiger partial charge < -0.3 is 10.2 Å². The van der Waals surface area contributed by atoms with E-state index in [0.717, 1.165) is 17.8 Å². The lowest BCUT2D eigenvalue weighted by molar-refractivity contribution is 0.507. The molecule has 0 saturated carbocycles. The second kappa shape index (κ2) is 6.48. The molecule has 0 amide bonds. The zero-order valence-electron chi connectivity index (χ0n) is 12.1. The van der Waals surface area contributed by atoms with E-state index in [2.05, 4.69) is 42.3 Å². The van der Waals surface area contributed by atoms with Crippen LogP contribution < -0.4 is 5.32 Å². The topological polar surface area (TPSA) is 28.2 Å². The Bertz CT molecular complexity index is 576. The number of thiocarbonyl (C=S) groups is 1. The summed E-state index contributed by atoms with van der Waals surface area (Å²) >= 11 is 5.44. The second-order valence-electron chi connectivity index (χ2n) is 5.02. The van der Waals surface area contributed by atoms with Crippen LogP contribution in [0.5, 0.6) is 0 Å². The fourth-order valence-electron chi connectivity index (χ4n) is 2.10. The molecule has 0 saturated heterocycles. The van der Waals surface area contributed by atoms with Crippen molar-refractivity contribution in [3.63, 3.8) is 0 Å². The van der Waals surface area contributed by atoms with Gasteiger partial charge in [0.1, 0.15) is 0 Å². The van der Waals surface area contributed by atoms with Crippen molar-refractivity contribution >= 4 is 23.0 Å². The number of aryl methyl sites for hydroxylation is 2. The van der Waals surface area contributed by atoms with Crippen LogP contribution in [0.3, 0.4) is 0 Å². The fourth-order valence-corrected chi connectivity index (χ4v) is 2.29. The lowest BCUT2D eigenvalue weighted by Gasteiger charge is -2.21. The number of aromatic nitrogens is 1. The molecule has 20 heavy (non-hydrogen) atoms. The molecule has 104 valence electrons. The van der Waals surface area contributed by atoms with Crippen LogP contribution in [0.1, 0.15) is 16.7 Å². The molecule has 0 bridgehead atoms. The highest BCUT2D eigenvalue weighted by Crippen LogP contribution is 2.14. The van der Waals surface area contributed by atoms with E-state index in [1.165, 1.54) is 11.1 Å². The van der Waals surface area contributed by atoms with Crippen LogP contribution in [-0.2, 0) is 6.54 Å². The number of hydrogen-bond acceptors (Lipinski definition) is 2. The average Bonchev–Trinajstić information content (AvgIpc) is 2.38. The van der Waals surface area contributed by atoms with Crippen molar-refractivity contribution in [2.45, 2.75) is 20.4 Å². The van der Waals surface area contributed by atoms with E-state index in [9.17, 15) is 0 Å². The molecule has 0 radical (unpaired) electrons. The molecule has 0 fully saturated rings. The van der Waals surface area contributed by atoms with E-state index in [0.29, 0.717) is 5.11 Å². The summed E-state index contributed by atoms with van der Waals surface area (Å²) in [4.78, 5) is 6.12. The summed E-state index contributed by atoms with van der Waals surface area (Å²) in [6, 6.07) is 10.3. The monoisotopic (exact) mass is 285 g/mol. The second-order valence-corrected chi connectivity index (χ2v) is 5.41. The van der Waals surface area contributed by atoms with Gasteiger partial charge in [-0.15, -0.1) is 0 Å². The number of nitrogens with zero attached hydrogens (tertiary/aromatic N) is 2. The lowest BCUT2D eigenvalue weighted by Crippen LogP contribution is -2.30. The van der Waals surface area contributed by atoms with E-state index in [4.69, 9.17) is 12.2 Å². The van der Waals surface area contributed by atoms with Gasteiger partial charge in [0.05, 0.1) is 0 Å². The van der Waals surface area contributed by atoms with Gasteiger partial charge in [-0.25, -0.2) is 0 Å². The van der Waals surface area contributed by atoms with Gasteiger partial charge in [0.25, 0.3) is 0 Å². The zero-order chi connectivity index (χ0) is 14.5. The molecular weight excluding hydrogens is 266 g/mol. The van der Waals surface area contributed by atoms with E-state index >= 15 is 0 Å². The first-order valence-electron chi connectivity index (χ1n) is 6.54. The number of rotatable bonds is 3. The van der Waals surface area contributed by atoms with Crippen molar-refractivity contribution in [2.75, 3.05) is 12.4 Å². The van der Waals surface area contributed by atoms with Crippen LogP contribution in [0, 0.1) is 13.8 Å². The maximum Gasteiger partial charge on any atom is 0.173 e. The zero-order valence-corrected chi connectivity index (χ0v) is 12.9. The number of benzene rings is 1. The van der Waals surface area contributed by atoms with Crippen molar-refractivity contribution in [1.29, 1.82) is 0 Å². The Hall–Kier alpha value is -1.94. The molecule has 1 N–H and O–H groups in total. The normalized spacial score (nSPS) is 10.2. The van der Waals surface area contributed by atoms with Gasteiger partial charge in [-0.2, -0.15) is 0 Å². The number of nitrogens with one attached hydrogen (secondary N) is 1. The molecule has 2 rings (SSSR count). The first kappa shape index (κ1) is 14.5. The summed E-state index contributed by atoms with van der Waals surface area (Å²) < 4.78 is 0. The van der Waals surface area contributed by atoms with Crippen molar-refractivity contribution in [2.24, 2.45) is 0 Å². The van der Waals surface area contributed by atoms with Gasteiger partial charge in [-0.1, -0.05) is 12.1 Å². The summed E-state index contributed by atoms with van der Waals surface area (Å²) in [5.41, 5.74) is 4.63. The summed E-state index contributed by atoms with van der Waals surface area (Å²) in [5.74, 6) is 0. The first-order valence-corrected chi connectivity index (χ1v) is 6.95. The standard InChI is InChI=1S/C16H19N3S/c1-12-7-13(2)9-15(8-12)18-16(20)19(3)11-14-5-4-6-17-10-14/h4-10H,11H2,1-3H3,(H,18,20). The van der Waals surface area contributed by atoms with Crippen LogP contribution in [0.4, 0.5) is 5.69 Å². The van der Waals surface area contributed by atoms with E-state index in [-0.39, 0.29) is 0 Å². The number of hydrogen-bond donors (Lipinski definition) is 1. The van der Waals surface area contributed by atoms with Crippen molar-refractivity contribution < 1.29 is 0 Å². The van der Waals surface area contributed by atoms with Crippen LogP contribution in [0.2, 0.25) is 0 Å². The summed E-state index contributed by atoms with van der Waals surface area (Å²) in [7, 11) is 1.98. The largest absolute Gasteiger partial charge is 0.348 e. The Morgan fingerprint density at radius 3 is 2.55 bits per heavy atom. The molecule has 4 heteroatoms. The van der Waals surface area contributed by atoms with Gasteiger partial charge in [-0.3, -0.25) is 4.98 Å².